The van der Waals surface area contributed by atoms with Crippen LogP contribution in [0.5, 0.6) is 0 Å². The van der Waals surface area contributed by atoms with Crippen molar-refractivity contribution < 1.29 is 9.59 Å². The Morgan fingerprint density at radius 2 is 1.64 bits per heavy atom. The summed E-state index contributed by atoms with van der Waals surface area (Å²) in [6.07, 6.45) is 2.27. The van der Waals surface area contributed by atoms with Crippen molar-refractivity contribution in [3.63, 3.8) is 0 Å². The maximum atomic E-state index is 12.8. The number of aromatic nitrogens is 4. The second-order valence-electron chi connectivity index (χ2n) is 7.45. The highest BCUT2D eigenvalue weighted by molar-refractivity contribution is 6.06. The maximum absolute atomic E-state index is 12.8. The van der Waals surface area contributed by atoms with Crippen LogP contribution in [0.4, 0.5) is 0 Å². The van der Waals surface area contributed by atoms with Crippen molar-refractivity contribution >= 4 is 22.6 Å². The van der Waals surface area contributed by atoms with Crippen LogP contribution in [0.2, 0.25) is 0 Å². The fraction of sp³-hybridized carbons (Fsp3) is 0.174. The number of hydrogen-bond acceptors (Lipinski definition) is 5. The molecule has 33 heavy (non-hydrogen) atoms. The summed E-state index contributed by atoms with van der Waals surface area (Å²) in [5.74, 6) is -1.19. The number of fused-ring (bicyclic) bond motifs is 1. The molecule has 3 N–H and O–H groups in total. The number of carbonyl (C=O) groups excluding carboxylic acids is 2. The minimum Gasteiger partial charge on any atom is -0.312 e. The molecule has 0 atom stereocenters. The van der Waals surface area contributed by atoms with Gasteiger partial charge >= 0.3 is 5.69 Å². The Morgan fingerprint density at radius 3 is 2.27 bits per heavy atom. The van der Waals surface area contributed by atoms with E-state index in [4.69, 9.17) is 0 Å². The topological polar surface area (TPSA) is 131 Å². The van der Waals surface area contributed by atoms with Crippen molar-refractivity contribution in [2.24, 2.45) is 0 Å². The molecule has 4 aromatic rings. The fourth-order valence-corrected chi connectivity index (χ4v) is 3.55. The summed E-state index contributed by atoms with van der Waals surface area (Å²) in [6, 6.07) is 13.1. The van der Waals surface area contributed by atoms with Crippen molar-refractivity contribution in [1.29, 1.82) is 0 Å². The lowest BCUT2D eigenvalue weighted by Crippen LogP contribution is -2.42. The average Bonchev–Trinajstić information content (AvgIpc) is 3.17. The van der Waals surface area contributed by atoms with Gasteiger partial charge in [-0.1, -0.05) is 25.1 Å². The number of amides is 2. The standard InChI is InChI=1S/C23H22N6O4/c1-3-12-28-22(32)18-7-5-4-6-17(18)19(27-28)21(31)26-25-20(30)15-8-10-16(11-9-15)29-14(2)13-24-23(29)33/h4-11,13H,3,12H2,1-2H3,(H,24,33)(H,25,30)(H,26,31). The molecule has 0 saturated heterocycles. The summed E-state index contributed by atoms with van der Waals surface area (Å²) in [6.45, 7) is 4.06. The van der Waals surface area contributed by atoms with Gasteiger partial charge in [0.05, 0.1) is 11.1 Å². The van der Waals surface area contributed by atoms with Crippen LogP contribution in [0.15, 0.2) is 64.3 Å². The highest BCUT2D eigenvalue weighted by Gasteiger charge is 2.17. The lowest BCUT2D eigenvalue weighted by molar-refractivity contribution is 0.0843. The fourth-order valence-electron chi connectivity index (χ4n) is 3.55. The molecule has 2 aromatic heterocycles. The van der Waals surface area contributed by atoms with Crippen LogP contribution in [-0.2, 0) is 6.54 Å². The van der Waals surface area contributed by atoms with Crippen LogP contribution in [0.25, 0.3) is 16.5 Å². The number of imidazole rings is 1. The number of aromatic amines is 1. The molecule has 0 bridgehead atoms. The van der Waals surface area contributed by atoms with Gasteiger partial charge in [-0.2, -0.15) is 5.10 Å². The predicted molar refractivity (Wildman–Crippen MR) is 122 cm³/mol. The van der Waals surface area contributed by atoms with E-state index in [1.165, 1.54) is 9.25 Å². The summed E-state index contributed by atoms with van der Waals surface area (Å²) >= 11 is 0. The molecule has 10 heteroatoms. The Morgan fingerprint density at radius 1 is 0.970 bits per heavy atom. The summed E-state index contributed by atoms with van der Waals surface area (Å²) in [7, 11) is 0. The van der Waals surface area contributed by atoms with Gasteiger partial charge in [0, 0.05) is 29.4 Å². The Bertz CT molecular complexity index is 1460. The Hall–Kier alpha value is -4.47. The molecule has 0 spiro atoms. The van der Waals surface area contributed by atoms with Gasteiger partial charge in [0.15, 0.2) is 5.69 Å². The highest BCUT2D eigenvalue weighted by Crippen LogP contribution is 2.13. The zero-order chi connectivity index (χ0) is 23.5. The van der Waals surface area contributed by atoms with Gasteiger partial charge in [0.1, 0.15) is 0 Å². The largest absolute Gasteiger partial charge is 0.330 e. The van der Waals surface area contributed by atoms with Crippen LogP contribution < -0.4 is 22.1 Å². The van der Waals surface area contributed by atoms with Gasteiger partial charge in [0.25, 0.3) is 17.4 Å². The van der Waals surface area contributed by atoms with Crippen LogP contribution in [0, 0.1) is 6.92 Å². The van der Waals surface area contributed by atoms with E-state index in [-0.39, 0.29) is 22.5 Å². The average molecular weight is 446 g/mol. The first-order chi connectivity index (χ1) is 15.9. The van der Waals surface area contributed by atoms with Crippen LogP contribution in [-0.4, -0.2) is 31.1 Å². The van der Waals surface area contributed by atoms with Crippen molar-refractivity contribution in [3.8, 4) is 5.69 Å². The lowest BCUT2D eigenvalue weighted by Gasteiger charge is -2.12. The monoisotopic (exact) mass is 446 g/mol. The Kier molecular flexibility index (Phi) is 5.90. The molecule has 2 heterocycles. The van der Waals surface area contributed by atoms with Gasteiger partial charge < -0.3 is 4.98 Å². The van der Waals surface area contributed by atoms with Gasteiger partial charge in [-0.05, 0) is 43.7 Å². The zero-order valence-electron chi connectivity index (χ0n) is 18.1. The van der Waals surface area contributed by atoms with Crippen LogP contribution >= 0.6 is 0 Å². The molecule has 168 valence electrons. The normalized spacial score (nSPS) is 10.8. The Labute approximate surface area is 187 Å². The lowest BCUT2D eigenvalue weighted by atomic mass is 10.1. The second-order valence-corrected chi connectivity index (χ2v) is 7.45. The molecule has 10 nitrogen and oxygen atoms in total. The number of benzene rings is 2. The number of aryl methyl sites for hydroxylation is 2. The third-order valence-electron chi connectivity index (χ3n) is 5.16. The van der Waals surface area contributed by atoms with Crippen molar-refractivity contribution in [3.05, 3.63) is 92.5 Å². The molecule has 0 aliphatic carbocycles. The van der Waals surface area contributed by atoms with E-state index in [1.54, 1.807) is 61.7 Å². The van der Waals surface area contributed by atoms with E-state index in [9.17, 15) is 19.2 Å². The van der Waals surface area contributed by atoms with Crippen LogP contribution in [0.1, 0.15) is 39.9 Å². The smallest absolute Gasteiger partial charge is 0.312 e. The predicted octanol–water partition coefficient (Wildman–Crippen LogP) is 1.67. The second kappa shape index (κ2) is 8.95. The van der Waals surface area contributed by atoms with Gasteiger partial charge in [-0.25, -0.2) is 9.48 Å². The quantitative estimate of drug-likeness (QED) is 0.402. The first kappa shape index (κ1) is 21.8. The molecule has 0 saturated carbocycles. The number of hydrogen-bond donors (Lipinski definition) is 3. The summed E-state index contributed by atoms with van der Waals surface area (Å²) in [4.78, 5) is 52.4. The minimum absolute atomic E-state index is 0.0385. The van der Waals surface area contributed by atoms with Crippen molar-refractivity contribution in [2.75, 3.05) is 0 Å². The minimum atomic E-state index is -0.643. The third-order valence-corrected chi connectivity index (χ3v) is 5.16. The first-order valence-electron chi connectivity index (χ1n) is 10.4. The third kappa shape index (κ3) is 4.18. The molecule has 4 rings (SSSR count). The van der Waals surface area contributed by atoms with Gasteiger partial charge in [-0.3, -0.25) is 29.8 Å². The van der Waals surface area contributed by atoms with Crippen molar-refractivity contribution in [2.45, 2.75) is 26.8 Å². The van der Waals surface area contributed by atoms with Crippen LogP contribution in [0.3, 0.4) is 0 Å². The van der Waals surface area contributed by atoms with E-state index in [0.717, 1.165) is 5.69 Å². The number of hydrazine groups is 1. The summed E-state index contributed by atoms with van der Waals surface area (Å²) < 4.78 is 2.73. The SMILES string of the molecule is CCCn1nc(C(=O)NNC(=O)c2ccc(-n3c(C)c[nH]c3=O)cc2)c2ccccc2c1=O. The summed E-state index contributed by atoms with van der Waals surface area (Å²) in [5, 5.41) is 4.98. The van der Waals surface area contributed by atoms with E-state index in [0.29, 0.717) is 29.4 Å². The molecule has 0 unspecified atom stereocenters. The number of carbonyl (C=O) groups is 2. The van der Waals surface area contributed by atoms with E-state index in [1.807, 2.05) is 6.92 Å². The molecule has 0 aliphatic heterocycles. The molecule has 0 radical (unpaired) electrons. The first-order valence-corrected chi connectivity index (χ1v) is 10.4. The van der Waals surface area contributed by atoms with E-state index >= 15 is 0 Å². The Balaban J connectivity index is 1.53. The highest BCUT2D eigenvalue weighted by atomic mass is 16.2. The molecular formula is C23H22N6O4. The van der Waals surface area contributed by atoms with Gasteiger partial charge in [0.2, 0.25) is 0 Å². The zero-order valence-corrected chi connectivity index (χ0v) is 18.1. The van der Waals surface area contributed by atoms with E-state index < -0.39 is 11.8 Å². The van der Waals surface area contributed by atoms with Crippen molar-refractivity contribution in [1.82, 2.24) is 30.2 Å². The molecule has 2 aromatic carbocycles. The van der Waals surface area contributed by atoms with E-state index in [2.05, 4.69) is 20.9 Å². The number of H-pyrrole nitrogens is 1. The molecule has 2 amide bonds. The summed E-state index contributed by atoms with van der Waals surface area (Å²) in [5.41, 5.74) is 5.84. The number of nitrogens with zero attached hydrogens (tertiary/aromatic N) is 3. The molecule has 0 aliphatic rings. The maximum Gasteiger partial charge on any atom is 0.330 e. The number of rotatable bonds is 5. The number of nitrogens with one attached hydrogen (secondary N) is 3. The molecular weight excluding hydrogens is 424 g/mol. The molecule has 0 fully saturated rings. The van der Waals surface area contributed by atoms with Gasteiger partial charge in [-0.15, -0.1) is 0 Å².